The van der Waals surface area contributed by atoms with Crippen LogP contribution in [0.1, 0.15) is 33.3 Å². The van der Waals surface area contributed by atoms with Gasteiger partial charge in [-0.25, -0.2) is 9.78 Å². The lowest BCUT2D eigenvalue weighted by Crippen LogP contribution is -2.18. The minimum atomic E-state index is -0.523. The maximum atomic E-state index is 13.0. The predicted octanol–water partition coefficient (Wildman–Crippen LogP) is 5.24. The number of ether oxygens (including phenoxy) is 1. The highest BCUT2D eigenvalue weighted by Gasteiger charge is 2.26. The van der Waals surface area contributed by atoms with E-state index < -0.39 is 5.97 Å². The standard InChI is InChI=1S/C25H23N3O3S/c1-3-31-24(30)21-22(27-25(32-2)28(21)16-17-9-5-4-6-10-17)26-23(29)20-14-13-18-11-7-8-12-19(18)15-20/h4-15H,3,16H2,1-2H3,(H,26,29). The molecule has 0 fully saturated rings. The third kappa shape index (κ3) is 4.53. The number of anilines is 1. The number of hydrogen-bond acceptors (Lipinski definition) is 5. The van der Waals surface area contributed by atoms with Gasteiger partial charge in [0.1, 0.15) is 0 Å². The van der Waals surface area contributed by atoms with Gasteiger partial charge in [0.05, 0.1) is 13.2 Å². The number of rotatable bonds is 7. The number of fused-ring (bicyclic) bond motifs is 1. The van der Waals surface area contributed by atoms with E-state index in [1.165, 1.54) is 11.8 Å². The number of aromatic nitrogens is 2. The molecule has 3 aromatic carbocycles. The molecule has 1 N–H and O–H groups in total. The Morgan fingerprint density at radius 3 is 2.44 bits per heavy atom. The summed E-state index contributed by atoms with van der Waals surface area (Å²) < 4.78 is 7.08. The monoisotopic (exact) mass is 445 g/mol. The first-order valence-electron chi connectivity index (χ1n) is 10.3. The Labute approximate surface area is 190 Å². The fourth-order valence-electron chi connectivity index (χ4n) is 3.50. The van der Waals surface area contributed by atoms with Crippen molar-refractivity contribution in [2.24, 2.45) is 0 Å². The zero-order chi connectivity index (χ0) is 22.5. The SMILES string of the molecule is CCOC(=O)c1c(NC(=O)c2ccc3ccccc3c2)nc(SC)n1Cc1ccccc1. The lowest BCUT2D eigenvalue weighted by atomic mass is 10.1. The average molecular weight is 446 g/mol. The second-order valence-electron chi connectivity index (χ2n) is 7.10. The largest absolute Gasteiger partial charge is 0.461 e. The van der Waals surface area contributed by atoms with Crippen molar-refractivity contribution in [3.05, 3.63) is 89.6 Å². The molecule has 0 bridgehead atoms. The van der Waals surface area contributed by atoms with E-state index in [1.54, 1.807) is 17.6 Å². The summed E-state index contributed by atoms with van der Waals surface area (Å²) in [6.45, 7) is 2.41. The van der Waals surface area contributed by atoms with Gasteiger partial charge in [-0.15, -0.1) is 0 Å². The topological polar surface area (TPSA) is 73.2 Å². The Morgan fingerprint density at radius 1 is 1.00 bits per heavy atom. The number of carbonyl (C=O) groups is 2. The molecule has 1 amide bonds. The Balaban J connectivity index is 1.71. The first kappa shape index (κ1) is 21.6. The van der Waals surface area contributed by atoms with Crippen molar-refractivity contribution in [1.82, 2.24) is 9.55 Å². The molecule has 4 aromatic rings. The molecule has 4 rings (SSSR count). The minimum Gasteiger partial charge on any atom is -0.461 e. The van der Waals surface area contributed by atoms with Crippen LogP contribution in [-0.4, -0.2) is 34.3 Å². The van der Waals surface area contributed by atoms with Gasteiger partial charge in [0.25, 0.3) is 5.91 Å². The van der Waals surface area contributed by atoms with Crippen LogP contribution in [0.5, 0.6) is 0 Å². The number of nitrogens with zero attached hydrogens (tertiary/aromatic N) is 2. The van der Waals surface area contributed by atoms with Crippen molar-refractivity contribution < 1.29 is 14.3 Å². The van der Waals surface area contributed by atoms with Crippen molar-refractivity contribution >= 4 is 40.2 Å². The molecule has 0 aliphatic carbocycles. The maximum absolute atomic E-state index is 13.0. The van der Waals surface area contributed by atoms with Crippen LogP contribution < -0.4 is 5.32 Å². The van der Waals surface area contributed by atoms with Gasteiger partial charge in [-0.05, 0) is 41.6 Å². The predicted molar refractivity (Wildman–Crippen MR) is 127 cm³/mol. The summed E-state index contributed by atoms with van der Waals surface area (Å²) in [5.41, 5.74) is 1.73. The van der Waals surface area contributed by atoms with E-state index in [-0.39, 0.29) is 24.0 Å². The second-order valence-corrected chi connectivity index (χ2v) is 7.88. The van der Waals surface area contributed by atoms with E-state index in [4.69, 9.17) is 4.74 Å². The lowest BCUT2D eigenvalue weighted by Gasteiger charge is -2.11. The molecule has 0 atom stereocenters. The molecule has 7 heteroatoms. The number of imidazole rings is 1. The van der Waals surface area contributed by atoms with Gasteiger partial charge in [0, 0.05) is 5.56 Å². The number of carbonyl (C=O) groups excluding carboxylic acids is 2. The van der Waals surface area contributed by atoms with Gasteiger partial charge in [-0.2, -0.15) is 0 Å². The Bertz CT molecular complexity index is 1270. The first-order chi connectivity index (χ1) is 15.6. The van der Waals surface area contributed by atoms with Gasteiger partial charge < -0.3 is 14.6 Å². The van der Waals surface area contributed by atoms with Crippen molar-refractivity contribution in [2.75, 3.05) is 18.2 Å². The lowest BCUT2D eigenvalue weighted by molar-refractivity contribution is 0.0514. The summed E-state index contributed by atoms with van der Waals surface area (Å²) >= 11 is 1.40. The summed E-state index contributed by atoms with van der Waals surface area (Å²) in [6, 6.07) is 23.1. The van der Waals surface area contributed by atoms with Crippen LogP contribution in [0.3, 0.4) is 0 Å². The molecule has 1 aromatic heterocycles. The second kappa shape index (κ2) is 9.70. The molecule has 0 aliphatic rings. The molecule has 0 radical (unpaired) electrons. The number of benzene rings is 3. The van der Waals surface area contributed by atoms with Crippen LogP contribution in [0.25, 0.3) is 10.8 Å². The number of thioether (sulfide) groups is 1. The van der Waals surface area contributed by atoms with Crippen LogP contribution >= 0.6 is 11.8 Å². The van der Waals surface area contributed by atoms with E-state index in [9.17, 15) is 9.59 Å². The highest BCUT2D eigenvalue weighted by atomic mass is 32.2. The van der Waals surface area contributed by atoms with Crippen molar-refractivity contribution in [1.29, 1.82) is 0 Å². The summed E-state index contributed by atoms with van der Waals surface area (Å²) in [5.74, 6) is -0.662. The molecule has 1 heterocycles. The van der Waals surface area contributed by atoms with Crippen LogP contribution in [-0.2, 0) is 11.3 Å². The zero-order valence-electron chi connectivity index (χ0n) is 17.9. The van der Waals surface area contributed by atoms with Gasteiger partial charge in [-0.3, -0.25) is 4.79 Å². The van der Waals surface area contributed by atoms with Gasteiger partial charge in [-0.1, -0.05) is 72.4 Å². The van der Waals surface area contributed by atoms with E-state index in [2.05, 4.69) is 10.3 Å². The molecule has 0 saturated carbocycles. The highest BCUT2D eigenvalue weighted by molar-refractivity contribution is 7.98. The number of amides is 1. The molecule has 0 saturated heterocycles. The third-order valence-electron chi connectivity index (χ3n) is 5.01. The number of hydrogen-bond donors (Lipinski definition) is 1. The minimum absolute atomic E-state index is 0.196. The molecule has 32 heavy (non-hydrogen) atoms. The molecule has 0 aliphatic heterocycles. The molecular weight excluding hydrogens is 422 g/mol. The normalized spacial score (nSPS) is 10.8. The Kier molecular flexibility index (Phi) is 6.56. The fourth-order valence-corrected chi connectivity index (χ4v) is 4.06. The van der Waals surface area contributed by atoms with Gasteiger partial charge in [0.15, 0.2) is 16.7 Å². The third-order valence-corrected chi connectivity index (χ3v) is 5.69. The summed E-state index contributed by atoms with van der Waals surface area (Å²) in [5, 5.41) is 5.46. The molecule has 0 spiro atoms. The molecule has 0 unspecified atom stereocenters. The van der Waals surface area contributed by atoms with E-state index >= 15 is 0 Å². The van der Waals surface area contributed by atoms with Gasteiger partial charge in [0.2, 0.25) is 0 Å². The van der Waals surface area contributed by atoms with E-state index in [1.807, 2.05) is 73.0 Å². The quantitative estimate of drug-likeness (QED) is 0.311. The van der Waals surface area contributed by atoms with Crippen molar-refractivity contribution in [2.45, 2.75) is 18.6 Å². The number of esters is 1. The smallest absolute Gasteiger partial charge is 0.358 e. The summed E-state index contributed by atoms with van der Waals surface area (Å²) in [6.07, 6.45) is 1.88. The van der Waals surface area contributed by atoms with Crippen LogP contribution in [0, 0.1) is 0 Å². The maximum Gasteiger partial charge on any atom is 0.358 e. The summed E-state index contributed by atoms with van der Waals surface area (Å²) in [7, 11) is 0. The van der Waals surface area contributed by atoms with Crippen LogP contribution in [0.4, 0.5) is 5.82 Å². The zero-order valence-corrected chi connectivity index (χ0v) is 18.7. The molecule has 6 nitrogen and oxygen atoms in total. The van der Waals surface area contributed by atoms with E-state index in [0.717, 1.165) is 16.3 Å². The van der Waals surface area contributed by atoms with Crippen molar-refractivity contribution in [3.63, 3.8) is 0 Å². The first-order valence-corrected chi connectivity index (χ1v) is 11.5. The Hall–Kier alpha value is -3.58. The molecule has 162 valence electrons. The summed E-state index contributed by atoms with van der Waals surface area (Å²) in [4.78, 5) is 30.4. The fraction of sp³-hybridized carbons (Fsp3) is 0.160. The Morgan fingerprint density at radius 2 is 1.72 bits per heavy atom. The number of nitrogens with one attached hydrogen (secondary N) is 1. The van der Waals surface area contributed by atoms with E-state index in [0.29, 0.717) is 17.3 Å². The van der Waals surface area contributed by atoms with Crippen LogP contribution in [0.2, 0.25) is 0 Å². The molecular formula is C25H23N3O3S. The van der Waals surface area contributed by atoms with Crippen LogP contribution in [0.15, 0.2) is 78.0 Å². The van der Waals surface area contributed by atoms with Gasteiger partial charge >= 0.3 is 5.97 Å². The van der Waals surface area contributed by atoms with Crippen molar-refractivity contribution in [3.8, 4) is 0 Å². The average Bonchev–Trinajstić information content (AvgIpc) is 3.16. The highest BCUT2D eigenvalue weighted by Crippen LogP contribution is 2.27.